The molecule has 0 saturated heterocycles. The molecule has 5 heteroatoms. The molecule has 0 atom stereocenters. The van der Waals surface area contributed by atoms with Crippen LogP contribution in [0, 0.1) is 0 Å². The Kier molecular flexibility index (Phi) is 17.3. The van der Waals surface area contributed by atoms with Gasteiger partial charge in [-0.3, -0.25) is 9.59 Å². The van der Waals surface area contributed by atoms with Crippen LogP contribution in [0.5, 0.6) is 0 Å². The number of ether oxygens (including phenoxy) is 2. The number of esters is 2. The van der Waals surface area contributed by atoms with E-state index in [4.69, 9.17) is 9.47 Å². The van der Waals surface area contributed by atoms with E-state index in [0.717, 1.165) is 22.9 Å². The van der Waals surface area contributed by atoms with Gasteiger partial charge in [0.1, 0.15) is 0 Å². The maximum absolute atomic E-state index is 11.7. The fourth-order valence-electron chi connectivity index (χ4n) is 3.41. The fraction of sp³-hybridized carbons (Fsp3) is 0.692. The highest BCUT2D eigenvalue weighted by Crippen LogP contribution is 2.12. The first kappa shape index (κ1) is 27.7. The molecule has 0 radical (unpaired) electrons. The second-order valence-corrected chi connectivity index (χ2v) is 9.12. The Labute approximate surface area is 197 Å². The molecule has 0 spiro atoms. The molecular formula is C26H41BrO4. The largest absolute Gasteiger partial charge is 0.466 e. The highest BCUT2D eigenvalue weighted by Gasteiger charge is 2.09. The third-order valence-corrected chi connectivity index (χ3v) is 5.89. The summed E-state index contributed by atoms with van der Waals surface area (Å²) in [6.07, 6.45) is 16.2. The molecule has 0 aromatic heterocycles. The van der Waals surface area contributed by atoms with Gasteiger partial charge in [0.05, 0.1) is 26.1 Å². The van der Waals surface area contributed by atoms with Crippen LogP contribution in [0.25, 0.3) is 0 Å². The summed E-state index contributed by atoms with van der Waals surface area (Å²) in [7, 11) is 0. The van der Waals surface area contributed by atoms with Crippen LogP contribution < -0.4 is 0 Å². The van der Waals surface area contributed by atoms with Gasteiger partial charge in [-0.05, 0) is 24.1 Å². The van der Waals surface area contributed by atoms with E-state index in [2.05, 4.69) is 22.9 Å². The Balaban J connectivity index is 1.86. The topological polar surface area (TPSA) is 52.6 Å². The van der Waals surface area contributed by atoms with E-state index in [1.165, 1.54) is 64.2 Å². The Morgan fingerprint density at radius 1 is 0.677 bits per heavy atom. The number of hydrogen-bond acceptors (Lipinski definition) is 4. The van der Waals surface area contributed by atoms with Gasteiger partial charge in [-0.25, -0.2) is 0 Å². The molecule has 1 aromatic rings. The van der Waals surface area contributed by atoms with Gasteiger partial charge in [0.15, 0.2) is 0 Å². The number of halogens is 1. The Bertz CT molecular complexity index is 586. The van der Waals surface area contributed by atoms with Crippen LogP contribution in [0.4, 0.5) is 0 Å². The summed E-state index contributed by atoms with van der Waals surface area (Å²) < 4.78 is 11.4. The number of unbranched alkanes of at least 4 members (excludes halogenated alkanes) is 11. The van der Waals surface area contributed by atoms with E-state index in [9.17, 15) is 9.59 Å². The van der Waals surface area contributed by atoms with Gasteiger partial charge in [0, 0.05) is 10.9 Å². The van der Waals surface area contributed by atoms with Crippen molar-refractivity contribution < 1.29 is 19.1 Å². The first-order chi connectivity index (χ1) is 15.1. The van der Waals surface area contributed by atoms with Crippen molar-refractivity contribution in [3.05, 3.63) is 34.3 Å². The van der Waals surface area contributed by atoms with Gasteiger partial charge < -0.3 is 9.47 Å². The van der Waals surface area contributed by atoms with Gasteiger partial charge in [0.2, 0.25) is 0 Å². The van der Waals surface area contributed by atoms with Gasteiger partial charge in [0.25, 0.3) is 0 Å². The summed E-state index contributed by atoms with van der Waals surface area (Å²) in [5, 5.41) is 0. The van der Waals surface area contributed by atoms with Crippen molar-refractivity contribution in [3.63, 3.8) is 0 Å². The number of hydrogen-bond donors (Lipinski definition) is 0. The van der Waals surface area contributed by atoms with E-state index >= 15 is 0 Å². The van der Waals surface area contributed by atoms with E-state index < -0.39 is 0 Å². The van der Waals surface area contributed by atoms with Crippen molar-refractivity contribution in [2.24, 2.45) is 0 Å². The number of benzene rings is 1. The highest BCUT2D eigenvalue weighted by molar-refractivity contribution is 9.10. The Morgan fingerprint density at radius 3 is 1.65 bits per heavy atom. The van der Waals surface area contributed by atoms with Crippen LogP contribution in [0.3, 0.4) is 0 Å². The molecule has 0 aliphatic carbocycles. The molecular weight excluding hydrogens is 456 g/mol. The first-order valence-electron chi connectivity index (χ1n) is 12.2. The number of carbonyl (C=O) groups excluding carboxylic acids is 2. The van der Waals surface area contributed by atoms with Crippen LogP contribution in [0.2, 0.25) is 0 Å². The van der Waals surface area contributed by atoms with Crippen molar-refractivity contribution >= 4 is 27.9 Å². The molecule has 0 fully saturated rings. The van der Waals surface area contributed by atoms with Crippen molar-refractivity contribution in [1.82, 2.24) is 0 Å². The molecule has 31 heavy (non-hydrogen) atoms. The monoisotopic (exact) mass is 496 g/mol. The number of carbonyl (C=O) groups is 2. The molecule has 1 rings (SSSR count). The lowest BCUT2D eigenvalue weighted by Crippen LogP contribution is -2.12. The van der Waals surface area contributed by atoms with E-state index in [1.54, 1.807) is 0 Å². The second-order valence-electron chi connectivity index (χ2n) is 8.21. The first-order valence-corrected chi connectivity index (χ1v) is 13.0. The van der Waals surface area contributed by atoms with Gasteiger partial charge >= 0.3 is 11.9 Å². The molecule has 0 bridgehead atoms. The summed E-state index contributed by atoms with van der Waals surface area (Å²) >= 11 is 3.39. The van der Waals surface area contributed by atoms with E-state index in [1.807, 2.05) is 24.3 Å². The molecule has 0 amide bonds. The zero-order valence-electron chi connectivity index (χ0n) is 19.3. The third-order valence-electron chi connectivity index (χ3n) is 5.36. The zero-order valence-corrected chi connectivity index (χ0v) is 20.9. The van der Waals surface area contributed by atoms with E-state index in [-0.39, 0.29) is 24.8 Å². The smallest absolute Gasteiger partial charge is 0.306 e. The lowest BCUT2D eigenvalue weighted by Gasteiger charge is -2.06. The van der Waals surface area contributed by atoms with Crippen molar-refractivity contribution in [3.8, 4) is 0 Å². The highest BCUT2D eigenvalue weighted by atomic mass is 79.9. The molecule has 0 saturated carbocycles. The van der Waals surface area contributed by atoms with Crippen molar-refractivity contribution in [1.29, 1.82) is 0 Å². The summed E-state index contributed by atoms with van der Waals surface area (Å²) in [6, 6.07) is 7.91. The van der Waals surface area contributed by atoms with Crippen LogP contribution >= 0.6 is 15.9 Å². The molecule has 0 aliphatic heterocycles. The van der Waals surface area contributed by atoms with Gasteiger partial charge in [-0.1, -0.05) is 106 Å². The molecule has 0 heterocycles. The number of rotatable bonds is 19. The molecule has 0 N–H and O–H groups in total. The van der Waals surface area contributed by atoms with Crippen molar-refractivity contribution in [2.75, 3.05) is 13.2 Å². The summed E-state index contributed by atoms with van der Waals surface area (Å²) in [4.78, 5) is 23.5. The van der Waals surface area contributed by atoms with Crippen LogP contribution in [-0.4, -0.2) is 25.2 Å². The molecule has 0 unspecified atom stereocenters. The lowest BCUT2D eigenvalue weighted by molar-refractivity contribution is -0.150. The Morgan fingerprint density at radius 2 is 1.13 bits per heavy atom. The fourth-order valence-corrected chi connectivity index (χ4v) is 3.68. The van der Waals surface area contributed by atoms with Crippen molar-refractivity contribution in [2.45, 2.75) is 103 Å². The average molecular weight is 498 g/mol. The average Bonchev–Trinajstić information content (AvgIpc) is 2.77. The summed E-state index contributed by atoms with van der Waals surface area (Å²) in [5.74, 6) is -0.660. The SMILES string of the molecule is CCCCCCCCCCCCCCOC(=O)CCC(=O)OCCc1ccc(Br)cc1. The third kappa shape index (κ3) is 16.9. The maximum Gasteiger partial charge on any atom is 0.306 e. The predicted molar refractivity (Wildman–Crippen MR) is 130 cm³/mol. The molecule has 4 nitrogen and oxygen atoms in total. The molecule has 0 aliphatic rings. The molecule has 176 valence electrons. The van der Waals surface area contributed by atoms with Gasteiger partial charge in [-0.15, -0.1) is 0 Å². The normalized spacial score (nSPS) is 10.8. The minimum absolute atomic E-state index is 0.0810. The standard InChI is InChI=1S/C26H41BrO4/c1-2-3-4-5-6-7-8-9-10-11-12-13-21-30-25(28)18-19-26(29)31-22-20-23-14-16-24(27)17-15-23/h14-17H,2-13,18-22H2,1H3. The minimum Gasteiger partial charge on any atom is -0.466 e. The Hall–Kier alpha value is -1.36. The summed E-state index contributed by atoms with van der Waals surface area (Å²) in [5.41, 5.74) is 1.11. The summed E-state index contributed by atoms with van der Waals surface area (Å²) in [6.45, 7) is 3.04. The maximum atomic E-state index is 11.7. The zero-order chi connectivity index (χ0) is 22.6. The van der Waals surface area contributed by atoms with Gasteiger partial charge in [-0.2, -0.15) is 0 Å². The van der Waals surface area contributed by atoms with Crippen LogP contribution in [-0.2, 0) is 25.5 Å². The lowest BCUT2D eigenvalue weighted by atomic mass is 10.1. The van der Waals surface area contributed by atoms with Crippen LogP contribution in [0.15, 0.2) is 28.7 Å². The second kappa shape index (κ2) is 19.3. The van der Waals surface area contributed by atoms with Crippen LogP contribution in [0.1, 0.15) is 102 Å². The van der Waals surface area contributed by atoms with E-state index in [0.29, 0.717) is 19.6 Å². The molecule has 1 aromatic carbocycles. The quantitative estimate of drug-likeness (QED) is 0.146. The predicted octanol–water partition coefficient (Wildman–Crippen LogP) is 7.56. The minimum atomic E-state index is -0.348.